The molecule has 2 aromatic carbocycles. The van der Waals surface area contributed by atoms with Gasteiger partial charge >= 0.3 is 0 Å². The number of nitrogens with zero attached hydrogens (tertiary/aromatic N) is 3. The first-order chi connectivity index (χ1) is 13.7. The summed E-state index contributed by atoms with van der Waals surface area (Å²) in [7, 11) is 4.84. The zero-order valence-electron chi connectivity index (χ0n) is 15.6. The second-order valence-electron chi connectivity index (χ2n) is 6.03. The van der Waals surface area contributed by atoms with E-state index in [1.807, 2.05) is 48.5 Å². The van der Waals surface area contributed by atoms with E-state index in [4.69, 9.17) is 19.2 Å². The Morgan fingerprint density at radius 2 is 1.57 bits per heavy atom. The van der Waals surface area contributed by atoms with Crippen molar-refractivity contribution in [1.82, 2.24) is 14.6 Å². The average molecular weight is 440 g/mol. The molecule has 7 heteroatoms. The molecular formula is C21H18BrN3O3. The first-order valence-corrected chi connectivity index (χ1v) is 9.35. The lowest BCUT2D eigenvalue weighted by Crippen LogP contribution is -2.02. The lowest BCUT2D eigenvalue weighted by molar-refractivity contribution is 0.377. The maximum atomic E-state index is 5.65. The van der Waals surface area contributed by atoms with Crippen molar-refractivity contribution >= 4 is 21.6 Å². The van der Waals surface area contributed by atoms with E-state index in [1.54, 1.807) is 32.0 Å². The molecule has 0 aliphatic carbocycles. The molecule has 0 unspecified atom stereocenters. The van der Waals surface area contributed by atoms with E-state index in [-0.39, 0.29) is 0 Å². The third-order valence-electron chi connectivity index (χ3n) is 4.47. The van der Waals surface area contributed by atoms with Crippen LogP contribution < -0.4 is 14.2 Å². The van der Waals surface area contributed by atoms with E-state index >= 15 is 0 Å². The number of ether oxygens (including phenoxy) is 3. The summed E-state index contributed by atoms with van der Waals surface area (Å²) in [5, 5.41) is 4.49. The van der Waals surface area contributed by atoms with E-state index in [2.05, 4.69) is 21.0 Å². The van der Waals surface area contributed by atoms with Crippen LogP contribution in [-0.4, -0.2) is 35.9 Å². The van der Waals surface area contributed by atoms with Crippen molar-refractivity contribution in [1.29, 1.82) is 0 Å². The maximum absolute atomic E-state index is 5.65. The first kappa shape index (κ1) is 18.3. The molecule has 4 aromatic rings. The van der Waals surface area contributed by atoms with Crippen LogP contribution in [0, 0.1) is 0 Å². The molecule has 28 heavy (non-hydrogen) atoms. The fraction of sp³-hybridized carbons (Fsp3) is 0.143. The van der Waals surface area contributed by atoms with Gasteiger partial charge in [0.05, 0.1) is 49.0 Å². The Morgan fingerprint density at radius 1 is 0.893 bits per heavy atom. The summed E-state index contributed by atoms with van der Waals surface area (Å²) in [5.74, 6) is 1.89. The van der Waals surface area contributed by atoms with Crippen molar-refractivity contribution in [3.63, 3.8) is 0 Å². The number of hydrogen-bond donors (Lipinski definition) is 0. The number of rotatable bonds is 5. The van der Waals surface area contributed by atoms with Gasteiger partial charge in [0.2, 0.25) is 0 Å². The summed E-state index contributed by atoms with van der Waals surface area (Å²) in [5.41, 5.74) is 4.10. The molecule has 2 aromatic heterocycles. The van der Waals surface area contributed by atoms with Crippen LogP contribution in [0.15, 0.2) is 59.2 Å². The molecule has 0 aliphatic rings. The van der Waals surface area contributed by atoms with Gasteiger partial charge in [0.15, 0.2) is 5.65 Å². The minimum atomic E-state index is 0.620. The minimum absolute atomic E-state index is 0.620. The van der Waals surface area contributed by atoms with E-state index in [9.17, 15) is 0 Å². The van der Waals surface area contributed by atoms with Gasteiger partial charge in [-0.05, 0) is 22.0 Å². The van der Waals surface area contributed by atoms with Gasteiger partial charge < -0.3 is 14.2 Å². The van der Waals surface area contributed by atoms with Gasteiger partial charge in [-0.2, -0.15) is 5.10 Å². The van der Waals surface area contributed by atoms with Crippen molar-refractivity contribution in [3.05, 3.63) is 59.2 Å². The van der Waals surface area contributed by atoms with Crippen molar-refractivity contribution in [2.45, 2.75) is 0 Å². The quantitative estimate of drug-likeness (QED) is 0.444. The van der Waals surface area contributed by atoms with Crippen LogP contribution in [-0.2, 0) is 0 Å². The summed E-state index contributed by atoms with van der Waals surface area (Å²) in [4.78, 5) is 4.78. The van der Waals surface area contributed by atoms with E-state index in [0.29, 0.717) is 22.9 Å². The third kappa shape index (κ3) is 3.07. The van der Waals surface area contributed by atoms with Gasteiger partial charge in [-0.25, -0.2) is 9.50 Å². The number of fused-ring (bicyclic) bond motifs is 1. The Hall–Kier alpha value is -3.06. The lowest BCUT2D eigenvalue weighted by atomic mass is 10.1. The molecule has 0 aliphatic heterocycles. The minimum Gasteiger partial charge on any atom is -0.496 e. The van der Waals surface area contributed by atoms with Gasteiger partial charge in [-0.3, -0.25) is 0 Å². The van der Waals surface area contributed by atoms with Crippen molar-refractivity contribution in [2.75, 3.05) is 21.3 Å². The second kappa shape index (κ2) is 7.52. The number of aromatic nitrogens is 3. The normalized spacial score (nSPS) is 10.9. The molecule has 0 spiro atoms. The molecule has 0 fully saturated rings. The Bertz CT molecular complexity index is 1120. The van der Waals surface area contributed by atoms with Crippen LogP contribution in [0.2, 0.25) is 0 Å². The summed E-state index contributed by atoms with van der Waals surface area (Å²) in [6.45, 7) is 0. The predicted molar refractivity (Wildman–Crippen MR) is 111 cm³/mol. The SMILES string of the molecule is COc1cc(OC)c(-c2cc(-c3ccccc3)nc3c(Br)cnn23)c(OC)c1. The van der Waals surface area contributed by atoms with Crippen LogP contribution in [0.25, 0.3) is 28.2 Å². The molecule has 4 rings (SSSR count). The van der Waals surface area contributed by atoms with Gasteiger partial charge in [0, 0.05) is 17.7 Å². The highest BCUT2D eigenvalue weighted by Crippen LogP contribution is 2.43. The van der Waals surface area contributed by atoms with Crippen molar-refractivity contribution in [3.8, 4) is 39.8 Å². The standard InChI is InChI=1S/C21H18BrN3O3/c1-26-14-9-18(27-2)20(19(10-14)28-3)17-11-16(13-7-5-4-6-8-13)24-21-15(22)12-23-25(17)21/h4-12H,1-3H3. The largest absolute Gasteiger partial charge is 0.496 e. The molecule has 0 saturated carbocycles. The zero-order valence-corrected chi connectivity index (χ0v) is 17.2. The Balaban J connectivity index is 2.07. The molecule has 2 heterocycles. The summed E-state index contributed by atoms with van der Waals surface area (Å²) in [6.07, 6.45) is 1.73. The van der Waals surface area contributed by atoms with E-state index < -0.39 is 0 Å². The summed E-state index contributed by atoms with van der Waals surface area (Å²) in [6, 6.07) is 15.6. The fourth-order valence-corrected chi connectivity index (χ4v) is 3.48. The second-order valence-corrected chi connectivity index (χ2v) is 6.88. The lowest BCUT2D eigenvalue weighted by Gasteiger charge is -2.17. The zero-order chi connectivity index (χ0) is 19.7. The first-order valence-electron chi connectivity index (χ1n) is 8.56. The van der Waals surface area contributed by atoms with Crippen LogP contribution >= 0.6 is 15.9 Å². The van der Waals surface area contributed by atoms with Gasteiger partial charge in [0.1, 0.15) is 17.2 Å². The summed E-state index contributed by atoms with van der Waals surface area (Å²) >= 11 is 3.55. The van der Waals surface area contributed by atoms with Crippen LogP contribution in [0.1, 0.15) is 0 Å². The molecule has 0 N–H and O–H groups in total. The predicted octanol–water partition coefficient (Wildman–Crippen LogP) is 4.85. The van der Waals surface area contributed by atoms with Crippen molar-refractivity contribution < 1.29 is 14.2 Å². The highest BCUT2D eigenvalue weighted by Gasteiger charge is 2.21. The van der Waals surface area contributed by atoms with E-state index in [1.165, 1.54) is 0 Å². The molecular weight excluding hydrogens is 422 g/mol. The monoisotopic (exact) mass is 439 g/mol. The van der Waals surface area contributed by atoms with E-state index in [0.717, 1.165) is 27.0 Å². The van der Waals surface area contributed by atoms with Crippen LogP contribution in [0.5, 0.6) is 17.2 Å². The molecule has 0 atom stereocenters. The number of hydrogen-bond acceptors (Lipinski definition) is 5. The fourth-order valence-electron chi connectivity index (χ4n) is 3.13. The summed E-state index contributed by atoms with van der Waals surface area (Å²) < 4.78 is 19.2. The molecule has 6 nitrogen and oxygen atoms in total. The van der Waals surface area contributed by atoms with Crippen LogP contribution in [0.4, 0.5) is 0 Å². The van der Waals surface area contributed by atoms with Gasteiger partial charge in [-0.1, -0.05) is 30.3 Å². The Morgan fingerprint density at radius 3 is 2.18 bits per heavy atom. The average Bonchev–Trinajstić information content (AvgIpc) is 3.13. The Kier molecular flexibility index (Phi) is 4.92. The maximum Gasteiger partial charge on any atom is 0.170 e. The number of halogens is 1. The van der Waals surface area contributed by atoms with Crippen molar-refractivity contribution in [2.24, 2.45) is 0 Å². The third-order valence-corrected chi connectivity index (χ3v) is 5.03. The molecule has 142 valence electrons. The van der Waals surface area contributed by atoms with Gasteiger partial charge in [0.25, 0.3) is 0 Å². The van der Waals surface area contributed by atoms with Gasteiger partial charge in [-0.15, -0.1) is 0 Å². The molecule has 0 saturated heterocycles. The van der Waals surface area contributed by atoms with Crippen LogP contribution in [0.3, 0.4) is 0 Å². The molecule has 0 amide bonds. The number of benzene rings is 2. The number of methoxy groups -OCH3 is 3. The highest BCUT2D eigenvalue weighted by molar-refractivity contribution is 9.10. The molecule has 0 radical (unpaired) electrons. The Labute approximate surface area is 170 Å². The highest BCUT2D eigenvalue weighted by atomic mass is 79.9. The smallest absolute Gasteiger partial charge is 0.170 e. The topological polar surface area (TPSA) is 57.9 Å². The molecule has 0 bridgehead atoms.